The second-order valence-corrected chi connectivity index (χ2v) is 8.43. The van der Waals surface area contributed by atoms with Gasteiger partial charge in [0.2, 0.25) is 29.5 Å². The highest BCUT2D eigenvalue weighted by Gasteiger charge is 2.31. The summed E-state index contributed by atoms with van der Waals surface area (Å²) in [5.74, 6) is -7.25. The monoisotopic (exact) mass is 536 g/mol. The van der Waals surface area contributed by atoms with Gasteiger partial charge in [0.15, 0.2) is 0 Å². The number of nitrogens with two attached hydrogens (primary N) is 3. The first-order valence-electron chi connectivity index (χ1n) is 11.5. The first-order valence-corrected chi connectivity index (χ1v) is 11.5. The molecule has 208 valence electrons. The third kappa shape index (κ3) is 11.9. The Morgan fingerprint density at radius 3 is 1.68 bits per heavy atom. The van der Waals surface area contributed by atoms with Crippen molar-refractivity contribution in [3.05, 3.63) is 35.9 Å². The van der Waals surface area contributed by atoms with Gasteiger partial charge in [-0.25, -0.2) is 4.79 Å². The zero-order chi connectivity index (χ0) is 28.8. The normalized spacial score (nSPS) is 13.7. The quantitative estimate of drug-likeness (QED) is 0.100. The molecule has 4 unspecified atom stereocenters. The smallest absolute Gasteiger partial charge is 0.326 e. The summed E-state index contributed by atoms with van der Waals surface area (Å²) < 4.78 is 0. The molecular weight excluding hydrogens is 504 g/mol. The minimum absolute atomic E-state index is 0.0868. The summed E-state index contributed by atoms with van der Waals surface area (Å²) in [6.45, 7) is 0. The molecule has 38 heavy (non-hydrogen) atoms. The van der Waals surface area contributed by atoms with E-state index in [-0.39, 0.29) is 19.3 Å². The van der Waals surface area contributed by atoms with Crippen LogP contribution in [0.3, 0.4) is 0 Å². The topological polar surface area (TPSA) is 274 Å². The molecule has 0 spiro atoms. The molecule has 0 aliphatic carbocycles. The van der Waals surface area contributed by atoms with Gasteiger partial charge >= 0.3 is 11.9 Å². The lowest BCUT2D eigenvalue weighted by Gasteiger charge is -2.25. The fourth-order valence-corrected chi connectivity index (χ4v) is 3.27. The Kier molecular flexibility index (Phi) is 12.9. The lowest BCUT2D eigenvalue weighted by atomic mass is 10.0. The summed E-state index contributed by atoms with van der Waals surface area (Å²) >= 11 is 0. The molecule has 0 saturated heterocycles. The van der Waals surface area contributed by atoms with Crippen LogP contribution < -0.4 is 33.2 Å². The first-order chi connectivity index (χ1) is 17.8. The Bertz CT molecular complexity index is 1030. The maximum Gasteiger partial charge on any atom is 0.326 e. The minimum Gasteiger partial charge on any atom is -0.481 e. The molecule has 0 heterocycles. The van der Waals surface area contributed by atoms with Crippen molar-refractivity contribution in [1.82, 2.24) is 16.0 Å². The first kappa shape index (κ1) is 31.5. The fourth-order valence-electron chi connectivity index (χ4n) is 3.27. The third-order valence-electron chi connectivity index (χ3n) is 5.25. The summed E-state index contributed by atoms with van der Waals surface area (Å²) in [6, 6.07) is 2.63. The van der Waals surface area contributed by atoms with Gasteiger partial charge in [-0.3, -0.25) is 28.8 Å². The van der Waals surface area contributed by atoms with Crippen LogP contribution in [-0.2, 0) is 40.0 Å². The zero-order valence-corrected chi connectivity index (χ0v) is 20.4. The minimum atomic E-state index is -1.51. The van der Waals surface area contributed by atoms with E-state index >= 15 is 0 Å². The molecule has 0 saturated carbocycles. The van der Waals surface area contributed by atoms with Crippen molar-refractivity contribution in [3.63, 3.8) is 0 Å². The van der Waals surface area contributed by atoms with E-state index in [4.69, 9.17) is 22.3 Å². The average molecular weight is 537 g/mol. The molecule has 0 aliphatic heterocycles. The van der Waals surface area contributed by atoms with Crippen molar-refractivity contribution in [2.75, 3.05) is 0 Å². The summed E-state index contributed by atoms with van der Waals surface area (Å²) in [6.07, 6.45) is -2.25. The number of carboxylic acid groups (broad SMARTS) is 2. The average Bonchev–Trinajstić information content (AvgIpc) is 2.83. The van der Waals surface area contributed by atoms with Gasteiger partial charge in [0.25, 0.3) is 0 Å². The van der Waals surface area contributed by atoms with Crippen LogP contribution in [0.15, 0.2) is 30.3 Å². The van der Waals surface area contributed by atoms with Gasteiger partial charge in [-0.2, -0.15) is 0 Å². The molecule has 0 bridgehead atoms. The number of carbonyl (C=O) groups excluding carboxylic acids is 5. The van der Waals surface area contributed by atoms with Crippen molar-refractivity contribution >= 4 is 41.5 Å². The predicted molar refractivity (Wildman–Crippen MR) is 131 cm³/mol. The van der Waals surface area contributed by atoms with E-state index in [0.717, 1.165) is 0 Å². The molecule has 0 fully saturated rings. The fraction of sp³-hybridized carbons (Fsp3) is 0.435. The number of benzene rings is 1. The maximum atomic E-state index is 13.0. The summed E-state index contributed by atoms with van der Waals surface area (Å²) in [7, 11) is 0. The summed E-state index contributed by atoms with van der Waals surface area (Å²) in [4.78, 5) is 83.3. The Hall–Kier alpha value is -4.53. The van der Waals surface area contributed by atoms with Crippen molar-refractivity contribution in [3.8, 4) is 0 Å². The van der Waals surface area contributed by atoms with Crippen LogP contribution in [0.5, 0.6) is 0 Å². The number of aliphatic carboxylic acids is 2. The number of rotatable bonds is 17. The maximum absolute atomic E-state index is 13.0. The zero-order valence-electron chi connectivity index (χ0n) is 20.4. The number of hydrogen-bond acceptors (Lipinski definition) is 8. The highest BCUT2D eigenvalue weighted by Crippen LogP contribution is 2.07. The van der Waals surface area contributed by atoms with Crippen LogP contribution in [0.2, 0.25) is 0 Å². The third-order valence-corrected chi connectivity index (χ3v) is 5.25. The van der Waals surface area contributed by atoms with E-state index < -0.39 is 84.9 Å². The summed E-state index contributed by atoms with van der Waals surface area (Å²) in [5.41, 5.74) is 16.3. The van der Waals surface area contributed by atoms with Crippen molar-refractivity contribution in [1.29, 1.82) is 0 Å². The van der Waals surface area contributed by atoms with Gasteiger partial charge in [-0.05, 0) is 18.4 Å². The Labute approximate surface area is 217 Å². The standard InChI is InChI=1S/C23H32N6O9/c24-13(11-18(26)31)20(34)27-14(6-8-17(25)30)21(35)28-15(7-9-19(32)33)22(36)29-16(23(37)38)10-12-4-2-1-3-5-12/h1-5,13-16H,6-11,24H2,(H2,25,30)(H2,26,31)(H,27,34)(H,28,35)(H,29,36)(H,32,33)(H,37,38). The van der Waals surface area contributed by atoms with Crippen molar-refractivity contribution < 1.29 is 43.8 Å². The SMILES string of the molecule is NC(=O)CCC(NC(=O)C(N)CC(N)=O)C(=O)NC(CCC(=O)O)C(=O)NC(Cc1ccccc1)C(=O)O. The molecule has 11 N–H and O–H groups in total. The highest BCUT2D eigenvalue weighted by atomic mass is 16.4. The Balaban J connectivity index is 3.07. The number of amides is 5. The summed E-state index contributed by atoms with van der Waals surface area (Å²) in [5, 5.41) is 25.4. The number of hydrogen-bond donors (Lipinski definition) is 8. The Morgan fingerprint density at radius 1 is 0.711 bits per heavy atom. The van der Waals surface area contributed by atoms with E-state index in [1.807, 2.05) is 0 Å². The van der Waals surface area contributed by atoms with Gasteiger partial charge in [0.1, 0.15) is 18.1 Å². The van der Waals surface area contributed by atoms with Gasteiger partial charge < -0.3 is 43.4 Å². The number of primary amides is 2. The molecule has 15 heteroatoms. The molecular formula is C23H32N6O9. The van der Waals surface area contributed by atoms with E-state index in [2.05, 4.69) is 16.0 Å². The van der Waals surface area contributed by atoms with E-state index in [9.17, 15) is 38.7 Å². The predicted octanol–water partition coefficient (Wildman–Crippen LogP) is -2.90. The number of carboxylic acids is 2. The van der Waals surface area contributed by atoms with Crippen LogP contribution in [0.4, 0.5) is 0 Å². The van der Waals surface area contributed by atoms with Gasteiger partial charge in [-0.15, -0.1) is 0 Å². The molecule has 15 nitrogen and oxygen atoms in total. The van der Waals surface area contributed by atoms with Crippen molar-refractivity contribution in [2.24, 2.45) is 17.2 Å². The number of nitrogens with one attached hydrogen (secondary N) is 3. The largest absolute Gasteiger partial charge is 0.481 e. The molecule has 1 rings (SSSR count). The molecule has 5 amide bonds. The van der Waals surface area contributed by atoms with Crippen LogP contribution in [0.25, 0.3) is 0 Å². The van der Waals surface area contributed by atoms with Crippen LogP contribution in [-0.4, -0.2) is 75.9 Å². The molecule has 0 radical (unpaired) electrons. The van der Waals surface area contributed by atoms with Gasteiger partial charge in [0.05, 0.1) is 12.5 Å². The van der Waals surface area contributed by atoms with Crippen LogP contribution >= 0.6 is 0 Å². The van der Waals surface area contributed by atoms with Gasteiger partial charge in [0, 0.05) is 19.3 Å². The highest BCUT2D eigenvalue weighted by molar-refractivity contribution is 5.95. The molecule has 0 aliphatic rings. The van der Waals surface area contributed by atoms with Crippen LogP contribution in [0.1, 0.15) is 37.7 Å². The Morgan fingerprint density at radius 2 is 1.21 bits per heavy atom. The van der Waals surface area contributed by atoms with Crippen LogP contribution in [0, 0.1) is 0 Å². The number of carbonyl (C=O) groups is 7. The molecule has 0 aromatic heterocycles. The lowest BCUT2D eigenvalue weighted by molar-refractivity contribution is -0.143. The molecule has 4 atom stereocenters. The van der Waals surface area contributed by atoms with E-state index in [1.54, 1.807) is 30.3 Å². The van der Waals surface area contributed by atoms with E-state index in [1.165, 1.54) is 0 Å². The molecule has 1 aromatic carbocycles. The lowest BCUT2D eigenvalue weighted by Crippen LogP contribution is -2.57. The molecule has 1 aromatic rings. The van der Waals surface area contributed by atoms with E-state index in [0.29, 0.717) is 5.56 Å². The van der Waals surface area contributed by atoms with Crippen molar-refractivity contribution in [2.45, 2.75) is 62.7 Å². The van der Waals surface area contributed by atoms with Gasteiger partial charge in [-0.1, -0.05) is 30.3 Å². The second-order valence-electron chi connectivity index (χ2n) is 8.43. The second kappa shape index (κ2) is 15.6.